The highest BCUT2D eigenvalue weighted by atomic mass is 16.5. The van der Waals surface area contributed by atoms with E-state index in [1.165, 1.54) is 44.1 Å². The van der Waals surface area contributed by atoms with Crippen LogP contribution in [0.15, 0.2) is 24.3 Å². The Kier molecular flexibility index (Phi) is 10.9. The molecular formula is C23H37N3O. The largest absolute Gasteiger partial charge is 0.493 e. The first-order valence-electron chi connectivity index (χ1n) is 10.9. The molecule has 1 heterocycles. The number of benzene rings is 1. The Hall–Kier alpha value is -1.57. The molecule has 2 rings (SSSR count). The Bertz CT molecular complexity index is 547. The third kappa shape index (κ3) is 8.77. The van der Waals surface area contributed by atoms with Crippen molar-refractivity contribution >= 4 is 0 Å². The summed E-state index contributed by atoms with van der Waals surface area (Å²) in [5, 5.41) is 8.73. The lowest BCUT2D eigenvalue weighted by molar-refractivity contribution is 0.128. The molecule has 0 atom stereocenters. The summed E-state index contributed by atoms with van der Waals surface area (Å²) >= 11 is 0. The number of nitriles is 1. The third-order valence-electron chi connectivity index (χ3n) is 5.38. The summed E-state index contributed by atoms with van der Waals surface area (Å²) in [6, 6.07) is 10.7. The molecule has 1 saturated heterocycles. The van der Waals surface area contributed by atoms with E-state index in [1.807, 2.05) is 0 Å². The average Bonchev–Trinajstić information content (AvgIpc) is 2.70. The summed E-state index contributed by atoms with van der Waals surface area (Å²) in [7, 11) is 0. The quantitative estimate of drug-likeness (QED) is 0.465. The number of unbranched alkanes of at least 4 members (excludes halogenated alkanes) is 6. The summed E-state index contributed by atoms with van der Waals surface area (Å²) < 4.78 is 6.11. The van der Waals surface area contributed by atoms with Crippen molar-refractivity contribution in [3.8, 4) is 11.8 Å². The van der Waals surface area contributed by atoms with Gasteiger partial charge < -0.3 is 4.74 Å². The van der Waals surface area contributed by atoms with E-state index in [2.05, 4.69) is 47.1 Å². The van der Waals surface area contributed by atoms with Gasteiger partial charge in [-0.25, -0.2) is 0 Å². The van der Waals surface area contributed by atoms with Gasteiger partial charge in [0.2, 0.25) is 0 Å². The van der Waals surface area contributed by atoms with E-state index in [-0.39, 0.29) is 0 Å². The Labute approximate surface area is 166 Å². The molecule has 1 aliphatic heterocycles. The van der Waals surface area contributed by atoms with Crippen LogP contribution < -0.4 is 4.74 Å². The normalized spacial score (nSPS) is 15.6. The average molecular weight is 372 g/mol. The number of piperazine rings is 1. The van der Waals surface area contributed by atoms with E-state index in [0.717, 1.165) is 58.0 Å². The zero-order valence-electron chi connectivity index (χ0n) is 17.2. The van der Waals surface area contributed by atoms with E-state index in [1.54, 1.807) is 0 Å². The molecule has 0 radical (unpaired) electrons. The Morgan fingerprint density at radius 2 is 1.59 bits per heavy atom. The van der Waals surface area contributed by atoms with Crippen LogP contribution in [0.2, 0.25) is 0 Å². The monoisotopic (exact) mass is 371 g/mol. The van der Waals surface area contributed by atoms with E-state index >= 15 is 0 Å². The first kappa shape index (κ1) is 21.7. The first-order chi connectivity index (χ1) is 13.3. The number of para-hydroxylation sites is 1. The van der Waals surface area contributed by atoms with Crippen molar-refractivity contribution in [3.05, 3.63) is 29.8 Å². The van der Waals surface area contributed by atoms with Gasteiger partial charge in [-0.05, 0) is 12.5 Å². The topological polar surface area (TPSA) is 39.5 Å². The molecule has 0 spiro atoms. The molecule has 1 fully saturated rings. The van der Waals surface area contributed by atoms with Crippen molar-refractivity contribution in [1.29, 1.82) is 5.26 Å². The second-order valence-corrected chi connectivity index (χ2v) is 7.60. The lowest BCUT2D eigenvalue weighted by atomic mass is 10.1. The van der Waals surface area contributed by atoms with Gasteiger partial charge in [-0.3, -0.25) is 9.80 Å². The van der Waals surface area contributed by atoms with Gasteiger partial charge in [0.05, 0.1) is 12.7 Å². The van der Waals surface area contributed by atoms with Crippen molar-refractivity contribution in [1.82, 2.24) is 9.80 Å². The van der Waals surface area contributed by atoms with Crippen LogP contribution in [-0.4, -0.2) is 49.1 Å². The molecule has 0 bridgehead atoms. The minimum atomic E-state index is 0.634. The van der Waals surface area contributed by atoms with Crippen molar-refractivity contribution < 1.29 is 4.74 Å². The molecular weight excluding hydrogens is 334 g/mol. The van der Waals surface area contributed by atoms with E-state index in [9.17, 15) is 0 Å². The third-order valence-corrected chi connectivity index (χ3v) is 5.38. The van der Waals surface area contributed by atoms with Gasteiger partial charge in [0, 0.05) is 51.3 Å². The summed E-state index contributed by atoms with van der Waals surface area (Å²) in [4.78, 5) is 4.89. The molecule has 0 aliphatic carbocycles. The number of ether oxygens (including phenoxy) is 1. The molecule has 0 saturated carbocycles. The fourth-order valence-corrected chi connectivity index (χ4v) is 3.64. The lowest BCUT2D eigenvalue weighted by Crippen LogP contribution is -2.46. The van der Waals surface area contributed by atoms with Crippen LogP contribution in [0.3, 0.4) is 0 Å². The number of nitrogens with zero attached hydrogens (tertiary/aromatic N) is 3. The van der Waals surface area contributed by atoms with Crippen LogP contribution in [0.1, 0.15) is 63.9 Å². The molecule has 0 unspecified atom stereocenters. The fraction of sp³-hybridized carbons (Fsp3) is 0.696. The maximum absolute atomic E-state index is 8.73. The molecule has 1 aromatic rings. The Morgan fingerprint density at radius 3 is 2.33 bits per heavy atom. The number of rotatable bonds is 13. The zero-order valence-corrected chi connectivity index (χ0v) is 17.2. The molecule has 1 aromatic carbocycles. The van der Waals surface area contributed by atoms with Crippen LogP contribution >= 0.6 is 0 Å². The highest BCUT2D eigenvalue weighted by molar-refractivity contribution is 5.33. The van der Waals surface area contributed by atoms with Gasteiger partial charge >= 0.3 is 0 Å². The minimum Gasteiger partial charge on any atom is -0.493 e. The highest BCUT2D eigenvalue weighted by Gasteiger charge is 2.17. The Morgan fingerprint density at radius 1 is 0.926 bits per heavy atom. The van der Waals surface area contributed by atoms with Gasteiger partial charge in [0.15, 0.2) is 0 Å². The summed E-state index contributed by atoms with van der Waals surface area (Å²) in [6.07, 6.45) is 9.82. The highest BCUT2D eigenvalue weighted by Crippen LogP contribution is 2.21. The first-order valence-corrected chi connectivity index (χ1v) is 10.9. The van der Waals surface area contributed by atoms with Crippen molar-refractivity contribution in [3.63, 3.8) is 0 Å². The molecule has 0 N–H and O–H groups in total. The van der Waals surface area contributed by atoms with Crippen molar-refractivity contribution in [2.75, 3.05) is 39.3 Å². The maximum atomic E-state index is 8.73. The van der Waals surface area contributed by atoms with Gasteiger partial charge in [0.1, 0.15) is 5.75 Å². The molecule has 150 valence electrons. The summed E-state index contributed by atoms with van der Waals surface area (Å²) in [5.41, 5.74) is 1.30. The maximum Gasteiger partial charge on any atom is 0.123 e. The zero-order chi connectivity index (χ0) is 19.2. The van der Waals surface area contributed by atoms with Gasteiger partial charge in [-0.2, -0.15) is 5.26 Å². The van der Waals surface area contributed by atoms with Crippen LogP contribution in [0, 0.1) is 11.3 Å². The SMILES string of the molecule is CCCCCCCCCOc1ccccc1CN1CCN(CCC#N)CC1. The second kappa shape index (κ2) is 13.6. The van der Waals surface area contributed by atoms with Gasteiger partial charge in [-0.1, -0.05) is 63.6 Å². The molecule has 27 heavy (non-hydrogen) atoms. The van der Waals surface area contributed by atoms with Crippen molar-refractivity contribution in [2.24, 2.45) is 0 Å². The minimum absolute atomic E-state index is 0.634. The predicted octanol–water partition coefficient (Wildman–Crippen LogP) is 4.85. The van der Waals surface area contributed by atoms with Crippen LogP contribution in [0.25, 0.3) is 0 Å². The van der Waals surface area contributed by atoms with Crippen molar-refractivity contribution in [2.45, 2.75) is 64.8 Å². The standard InChI is InChI=1S/C23H37N3O/c1-2-3-4-5-6-7-10-20-27-23-13-9-8-12-22(23)21-26-18-16-25(17-19-26)15-11-14-24/h8-9,12-13H,2-7,10-11,15-21H2,1H3. The van der Waals surface area contributed by atoms with E-state index < -0.39 is 0 Å². The van der Waals surface area contributed by atoms with Crippen LogP contribution in [-0.2, 0) is 6.54 Å². The van der Waals surface area contributed by atoms with Crippen LogP contribution in [0.5, 0.6) is 5.75 Å². The predicted molar refractivity (Wildman–Crippen MR) is 112 cm³/mol. The molecule has 0 amide bonds. The molecule has 0 aromatic heterocycles. The van der Waals surface area contributed by atoms with E-state index in [0.29, 0.717) is 6.42 Å². The van der Waals surface area contributed by atoms with Crippen LogP contribution in [0.4, 0.5) is 0 Å². The summed E-state index contributed by atoms with van der Waals surface area (Å²) in [6.45, 7) is 9.20. The number of hydrogen-bond donors (Lipinski definition) is 0. The smallest absolute Gasteiger partial charge is 0.123 e. The van der Waals surface area contributed by atoms with Gasteiger partial charge in [0.25, 0.3) is 0 Å². The molecule has 1 aliphatic rings. The lowest BCUT2D eigenvalue weighted by Gasteiger charge is -2.34. The fourth-order valence-electron chi connectivity index (χ4n) is 3.64. The van der Waals surface area contributed by atoms with Gasteiger partial charge in [-0.15, -0.1) is 0 Å². The summed E-state index contributed by atoms with van der Waals surface area (Å²) in [5.74, 6) is 1.05. The van der Waals surface area contributed by atoms with E-state index in [4.69, 9.17) is 10.00 Å². The molecule has 4 nitrogen and oxygen atoms in total. The number of hydrogen-bond acceptors (Lipinski definition) is 4. The molecule has 4 heteroatoms. The Balaban J connectivity index is 1.67. The second-order valence-electron chi connectivity index (χ2n) is 7.60.